The molecule has 0 N–H and O–H groups in total. The summed E-state index contributed by atoms with van der Waals surface area (Å²) in [6.07, 6.45) is -4.35. The lowest BCUT2D eigenvalue weighted by atomic mass is 10.2. The second-order valence-corrected chi connectivity index (χ2v) is 3.86. The molecule has 0 radical (unpaired) electrons. The molecule has 0 fully saturated rings. The zero-order valence-corrected chi connectivity index (χ0v) is 10.8. The van der Waals surface area contributed by atoms with Crippen LogP contribution >= 0.6 is 0 Å². The molecule has 0 bridgehead atoms. The summed E-state index contributed by atoms with van der Waals surface area (Å²) in [5, 5.41) is 0. The van der Waals surface area contributed by atoms with Crippen LogP contribution in [-0.4, -0.2) is 25.7 Å². The lowest BCUT2D eigenvalue weighted by Gasteiger charge is -2.22. The van der Waals surface area contributed by atoms with Crippen molar-refractivity contribution in [2.24, 2.45) is 0 Å². The number of rotatable bonds is 5. The van der Waals surface area contributed by atoms with Gasteiger partial charge in [-0.1, -0.05) is 0 Å². The molecule has 0 amide bonds. The third kappa shape index (κ3) is 4.46. The Morgan fingerprint density at radius 2 is 1.79 bits per heavy atom. The summed E-state index contributed by atoms with van der Waals surface area (Å²) in [6, 6.07) is 4.71. The van der Waals surface area contributed by atoms with Crippen LogP contribution in [0.4, 0.5) is 18.9 Å². The SMILES string of the molecule is CCOC(=O)CN(CC)c1ccc(C(F)(F)F)cc1. The van der Waals surface area contributed by atoms with Crippen LogP contribution in [0.2, 0.25) is 0 Å². The van der Waals surface area contributed by atoms with Gasteiger partial charge < -0.3 is 9.64 Å². The van der Waals surface area contributed by atoms with Crippen molar-refractivity contribution in [2.75, 3.05) is 24.6 Å². The lowest BCUT2D eigenvalue weighted by molar-refractivity contribution is -0.141. The van der Waals surface area contributed by atoms with Crippen LogP contribution in [-0.2, 0) is 15.7 Å². The van der Waals surface area contributed by atoms with Gasteiger partial charge in [0.1, 0.15) is 6.54 Å². The Bertz CT molecular complexity index is 415. The number of carbonyl (C=O) groups is 1. The molecule has 0 spiro atoms. The minimum absolute atomic E-state index is 0.0235. The second-order valence-electron chi connectivity index (χ2n) is 3.86. The van der Waals surface area contributed by atoms with Crippen LogP contribution in [0.3, 0.4) is 0 Å². The van der Waals surface area contributed by atoms with E-state index in [2.05, 4.69) is 0 Å². The second kappa shape index (κ2) is 6.45. The molecule has 3 nitrogen and oxygen atoms in total. The maximum atomic E-state index is 12.4. The van der Waals surface area contributed by atoms with Crippen molar-refractivity contribution >= 4 is 11.7 Å². The van der Waals surface area contributed by atoms with E-state index in [0.717, 1.165) is 12.1 Å². The molecule has 0 aliphatic rings. The fourth-order valence-electron chi connectivity index (χ4n) is 1.61. The molecule has 0 aliphatic heterocycles. The molecular weight excluding hydrogens is 259 g/mol. The van der Waals surface area contributed by atoms with E-state index in [1.54, 1.807) is 11.8 Å². The van der Waals surface area contributed by atoms with Crippen molar-refractivity contribution in [1.82, 2.24) is 0 Å². The largest absolute Gasteiger partial charge is 0.465 e. The molecule has 1 aromatic rings. The van der Waals surface area contributed by atoms with Gasteiger partial charge in [-0.2, -0.15) is 13.2 Å². The smallest absolute Gasteiger partial charge is 0.416 e. The first-order valence-electron chi connectivity index (χ1n) is 5.96. The highest BCUT2D eigenvalue weighted by Crippen LogP contribution is 2.30. The number of anilines is 1. The summed E-state index contributed by atoms with van der Waals surface area (Å²) < 4.78 is 42.1. The van der Waals surface area contributed by atoms with Crippen molar-refractivity contribution < 1.29 is 22.7 Å². The normalized spacial score (nSPS) is 11.2. The number of nitrogens with zero attached hydrogens (tertiary/aromatic N) is 1. The Morgan fingerprint density at radius 1 is 1.21 bits per heavy atom. The zero-order chi connectivity index (χ0) is 14.5. The lowest BCUT2D eigenvalue weighted by Crippen LogP contribution is -2.30. The minimum atomic E-state index is -4.35. The molecule has 0 saturated heterocycles. The average Bonchev–Trinajstić information content (AvgIpc) is 2.35. The standard InChI is InChI=1S/C13H16F3NO2/c1-3-17(9-12(18)19-4-2)11-7-5-10(6-8-11)13(14,15)16/h5-8H,3-4,9H2,1-2H3. The summed E-state index contributed by atoms with van der Waals surface area (Å²) in [6.45, 7) is 4.33. The van der Waals surface area contributed by atoms with Gasteiger partial charge in [0.2, 0.25) is 0 Å². The summed E-state index contributed by atoms with van der Waals surface area (Å²) >= 11 is 0. The quantitative estimate of drug-likeness (QED) is 0.773. The molecule has 6 heteroatoms. The molecule has 1 aromatic carbocycles. The van der Waals surface area contributed by atoms with Crippen LogP contribution < -0.4 is 4.90 Å². The Hall–Kier alpha value is -1.72. The Balaban J connectivity index is 2.79. The monoisotopic (exact) mass is 275 g/mol. The fraction of sp³-hybridized carbons (Fsp3) is 0.462. The average molecular weight is 275 g/mol. The van der Waals surface area contributed by atoms with Crippen LogP contribution in [0.5, 0.6) is 0 Å². The van der Waals surface area contributed by atoms with E-state index in [9.17, 15) is 18.0 Å². The van der Waals surface area contributed by atoms with Gasteiger partial charge in [0.05, 0.1) is 12.2 Å². The number of alkyl halides is 3. The third-order valence-electron chi connectivity index (χ3n) is 2.57. The van der Waals surface area contributed by atoms with Gasteiger partial charge in [-0.25, -0.2) is 0 Å². The van der Waals surface area contributed by atoms with Gasteiger partial charge in [-0.3, -0.25) is 4.79 Å². The summed E-state index contributed by atoms with van der Waals surface area (Å²) in [7, 11) is 0. The third-order valence-corrected chi connectivity index (χ3v) is 2.57. The highest BCUT2D eigenvalue weighted by atomic mass is 19.4. The molecule has 0 unspecified atom stereocenters. The van der Waals surface area contributed by atoms with E-state index < -0.39 is 17.7 Å². The molecule has 0 atom stereocenters. The number of esters is 1. The van der Waals surface area contributed by atoms with E-state index in [1.165, 1.54) is 12.1 Å². The topological polar surface area (TPSA) is 29.5 Å². The number of ether oxygens (including phenoxy) is 1. The van der Waals surface area contributed by atoms with E-state index in [1.807, 2.05) is 6.92 Å². The van der Waals surface area contributed by atoms with Crippen LogP contribution in [0, 0.1) is 0 Å². The van der Waals surface area contributed by atoms with Crippen molar-refractivity contribution in [3.8, 4) is 0 Å². The number of halogens is 3. The fourth-order valence-corrected chi connectivity index (χ4v) is 1.61. The molecular formula is C13H16F3NO2. The Kier molecular flexibility index (Phi) is 5.20. The Labute approximate surface area is 110 Å². The zero-order valence-electron chi connectivity index (χ0n) is 10.8. The van der Waals surface area contributed by atoms with Gasteiger partial charge in [-0.05, 0) is 38.1 Å². The van der Waals surface area contributed by atoms with Crippen molar-refractivity contribution in [2.45, 2.75) is 20.0 Å². The van der Waals surface area contributed by atoms with Gasteiger partial charge in [0, 0.05) is 12.2 Å². The van der Waals surface area contributed by atoms with Crippen molar-refractivity contribution in [1.29, 1.82) is 0 Å². The number of hydrogen-bond acceptors (Lipinski definition) is 3. The van der Waals surface area contributed by atoms with Gasteiger partial charge in [-0.15, -0.1) is 0 Å². The molecule has 0 aliphatic carbocycles. The first kappa shape index (κ1) is 15.3. The molecule has 19 heavy (non-hydrogen) atoms. The first-order valence-corrected chi connectivity index (χ1v) is 5.96. The van der Waals surface area contributed by atoms with Gasteiger partial charge in [0.15, 0.2) is 0 Å². The minimum Gasteiger partial charge on any atom is -0.465 e. The van der Waals surface area contributed by atoms with E-state index >= 15 is 0 Å². The summed E-state index contributed by atoms with van der Waals surface area (Å²) in [5.41, 5.74) is -0.146. The summed E-state index contributed by atoms with van der Waals surface area (Å²) in [5.74, 6) is -0.399. The number of carbonyl (C=O) groups excluding carboxylic acids is 1. The number of likely N-dealkylation sites (N-methyl/N-ethyl adjacent to an activating group) is 1. The van der Waals surface area contributed by atoms with Gasteiger partial charge in [0.25, 0.3) is 0 Å². The molecule has 0 heterocycles. The van der Waals surface area contributed by atoms with E-state index in [0.29, 0.717) is 12.2 Å². The number of hydrogen-bond donors (Lipinski definition) is 0. The van der Waals surface area contributed by atoms with Crippen LogP contribution in [0.15, 0.2) is 24.3 Å². The molecule has 0 saturated carbocycles. The van der Waals surface area contributed by atoms with Crippen LogP contribution in [0.25, 0.3) is 0 Å². The molecule has 0 aromatic heterocycles. The predicted octanol–water partition coefficient (Wildman–Crippen LogP) is 3.09. The summed E-state index contributed by atoms with van der Waals surface area (Å²) in [4.78, 5) is 13.0. The maximum Gasteiger partial charge on any atom is 0.416 e. The van der Waals surface area contributed by atoms with E-state index in [4.69, 9.17) is 4.74 Å². The Morgan fingerprint density at radius 3 is 2.21 bits per heavy atom. The van der Waals surface area contributed by atoms with Crippen LogP contribution in [0.1, 0.15) is 19.4 Å². The highest BCUT2D eigenvalue weighted by Gasteiger charge is 2.30. The number of benzene rings is 1. The van der Waals surface area contributed by atoms with Gasteiger partial charge >= 0.3 is 12.1 Å². The predicted molar refractivity (Wildman–Crippen MR) is 66.0 cm³/mol. The highest BCUT2D eigenvalue weighted by molar-refractivity contribution is 5.75. The first-order chi connectivity index (χ1) is 8.88. The molecule has 1 rings (SSSR count). The van der Waals surface area contributed by atoms with Crippen molar-refractivity contribution in [3.63, 3.8) is 0 Å². The molecule has 106 valence electrons. The van der Waals surface area contributed by atoms with E-state index in [-0.39, 0.29) is 13.2 Å². The van der Waals surface area contributed by atoms with Crippen molar-refractivity contribution in [3.05, 3.63) is 29.8 Å². The maximum absolute atomic E-state index is 12.4.